The summed E-state index contributed by atoms with van der Waals surface area (Å²) in [6.45, 7) is 0.417. The van der Waals surface area contributed by atoms with Crippen molar-refractivity contribution in [2.24, 2.45) is 0 Å². The molecule has 27 heavy (non-hydrogen) atoms. The minimum Gasteiger partial charge on any atom is -0.347 e. The topological polar surface area (TPSA) is 49.4 Å². The molecule has 1 heterocycles. The third kappa shape index (κ3) is 4.84. The number of nitrogens with zero attached hydrogens (tertiary/aromatic N) is 1. The first-order valence-electron chi connectivity index (χ1n) is 8.38. The number of carbonyl (C=O) groups excluding carboxylic acids is 2. The number of amides is 2. The highest BCUT2D eigenvalue weighted by molar-refractivity contribution is 9.10. The van der Waals surface area contributed by atoms with Gasteiger partial charge in [-0.15, -0.1) is 11.3 Å². The van der Waals surface area contributed by atoms with Crippen LogP contribution in [0.2, 0.25) is 0 Å². The zero-order valence-corrected chi connectivity index (χ0v) is 17.4. The smallest absolute Gasteiger partial charge is 0.261 e. The molecule has 3 aromatic rings. The van der Waals surface area contributed by atoms with E-state index >= 15 is 0 Å². The van der Waals surface area contributed by atoms with E-state index in [0.717, 1.165) is 20.5 Å². The molecule has 0 unspecified atom stereocenters. The van der Waals surface area contributed by atoms with Crippen molar-refractivity contribution < 1.29 is 9.59 Å². The molecule has 0 atom stereocenters. The second kappa shape index (κ2) is 8.50. The van der Waals surface area contributed by atoms with Gasteiger partial charge in [-0.25, -0.2) is 0 Å². The number of rotatable bonds is 5. The average molecular weight is 443 g/mol. The SMILES string of the molecule is CN(C)C(=O)c1ccc(CNC(=O)c2ccc(-c3ccc(Br)cc3)s2)cc1. The van der Waals surface area contributed by atoms with Crippen molar-refractivity contribution in [2.45, 2.75) is 6.54 Å². The molecule has 1 aromatic heterocycles. The summed E-state index contributed by atoms with van der Waals surface area (Å²) in [6, 6.07) is 19.1. The van der Waals surface area contributed by atoms with Crippen LogP contribution < -0.4 is 5.32 Å². The van der Waals surface area contributed by atoms with Gasteiger partial charge in [-0.2, -0.15) is 0 Å². The van der Waals surface area contributed by atoms with Crippen LogP contribution in [0.25, 0.3) is 10.4 Å². The van der Waals surface area contributed by atoms with Gasteiger partial charge in [0.05, 0.1) is 4.88 Å². The lowest BCUT2D eigenvalue weighted by molar-refractivity contribution is 0.0827. The Hall–Kier alpha value is -2.44. The van der Waals surface area contributed by atoms with Gasteiger partial charge in [-0.1, -0.05) is 40.2 Å². The quantitative estimate of drug-likeness (QED) is 0.616. The standard InChI is InChI=1S/C21H19BrN2O2S/c1-24(2)21(26)16-5-3-14(4-6-16)13-23-20(25)19-12-11-18(27-19)15-7-9-17(22)10-8-15/h3-12H,13H2,1-2H3,(H,23,25). The maximum Gasteiger partial charge on any atom is 0.261 e. The molecule has 4 nitrogen and oxygen atoms in total. The summed E-state index contributed by atoms with van der Waals surface area (Å²) < 4.78 is 1.03. The largest absolute Gasteiger partial charge is 0.347 e. The predicted molar refractivity (Wildman–Crippen MR) is 113 cm³/mol. The summed E-state index contributed by atoms with van der Waals surface area (Å²) in [4.78, 5) is 27.6. The molecule has 3 rings (SSSR count). The lowest BCUT2D eigenvalue weighted by Crippen LogP contribution is -2.23. The van der Waals surface area contributed by atoms with Crippen LogP contribution >= 0.6 is 27.3 Å². The van der Waals surface area contributed by atoms with E-state index in [-0.39, 0.29) is 11.8 Å². The molecule has 138 valence electrons. The van der Waals surface area contributed by atoms with E-state index in [2.05, 4.69) is 21.2 Å². The fourth-order valence-electron chi connectivity index (χ4n) is 2.52. The zero-order valence-electron chi connectivity index (χ0n) is 15.0. The maximum absolute atomic E-state index is 12.4. The van der Waals surface area contributed by atoms with Crippen LogP contribution in [0.1, 0.15) is 25.6 Å². The molecule has 0 aliphatic heterocycles. The van der Waals surface area contributed by atoms with E-state index in [9.17, 15) is 9.59 Å². The Morgan fingerprint density at radius 2 is 1.63 bits per heavy atom. The number of thiophene rings is 1. The lowest BCUT2D eigenvalue weighted by Gasteiger charge is -2.10. The Morgan fingerprint density at radius 3 is 2.26 bits per heavy atom. The summed E-state index contributed by atoms with van der Waals surface area (Å²) in [7, 11) is 3.44. The van der Waals surface area contributed by atoms with Gasteiger partial charge in [0, 0.05) is 35.6 Å². The lowest BCUT2D eigenvalue weighted by atomic mass is 10.1. The molecule has 0 aliphatic rings. The molecule has 0 bridgehead atoms. The monoisotopic (exact) mass is 442 g/mol. The molecule has 0 saturated carbocycles. The molecule has 0 aliphatic carbocycles. The van der Waals surface area contributed by atoms with Gasteiger partial charge in [0.25, 0.3) is 11.8 Å². The minimum atomic E-state index is -0.100. The predicted octanol–water partition coefficient (Wildman–Crippen LogP) is 4.81. The molecule has 0 fully saturated rings. The van der Waals surface area contributed by atoms with Crippen LogP contribution in [0.4, 0.5) is 0 Å². The van der Waals surface area contributed by atoms with E-state index in [0.29, 0.717) is 17.0 Å². The maximum atomic E-state index is 12.4. The van der Waals surface area contributed by atoms with Gasteiger partial charge in [-0.3, -0.25) is 9.59 Å². The Balaban J connectivity index is 1.61. The van der Waals surface area contributed by atoms with Gasteiger partial charge >= 0.3 is 0 Å². The first-order chi connectivity index (χ1) is 12.9. The fraction of sp³-hybridized carbons (Fsp3) is 0.143. The highest BCUT2D eigenvalue weighted by Gasteiger charge is 2.11. The number of benzene rings is 2. The number of hydrogen-bond acceptors (Lipinski definition) is 3. The third-order valence-electron chi connectivity index (χ3n) is 4.02. The van der Waals surface area contributed by atoms with Crippen LogP contribution in [-0.4, -0.2) is 30.8 Å². The molecule has 2 aromatic carbocycles. The number of carbonyl (C=O) groups is 2. The Bertz CT molecular complexity index is 947. The second-order valence-corrected chi connectivity index (χ2v) is 8.25. The molecule has 1 N–H and O–H groups in total. The molecule has 0 saturated heterocycles. The molecule has 6 heteroatoms. The van der Waals surface area contributed by atoms with Crippen molar-refractivity contribution in [3.63, 3.8) is 0 Å². The van der Waals surface area contributed by atoms with Crippen molar-refractivity contribution in [1.82, 2.24) is 10.2 Å². The van der Waals surface area contributed by atoms with Gasteiger partial charge in [0.2, 0.25) is 0 Å². The number of hydrogen-bond donors (Lipinski definition) is 1. The Kier molecular flexibility index (Phi) is 6.08. The molecule has 2 amide bonds. The van der Waals surface area contributed by atoms with Crippen molar-refractivity contribution in [2.75, 3.05) is 14.1 Å². The highest BCUT2D eigenvalue weighted by Crippen LogP contribution is 2.29. The van der Waals surface area contributed by atoms with Gasteiger partial charge in [0.15, 0.2) is 0 Å². The van der Waals surface area contributed by atoms with Gasteiger partial charge < -0.3 is 10.2 Å². The zero-order chi connectivity index (χ0) is 19.4. The minimum absolute atomic E-state index is 0.0374. The van der Waals surface area contributed by atoms with Crippen molar-refractivity contribution in [1.29, 1.82) is 0 Å². The van der Waals surface area contributed by atoms with Gasteiger partial charge in [0.1, 0.15) is 0 Å². The molecular formula is C21H19BrN2O2S. The molecule has 0 radical (unpaired) electrons. The molecule has 0 spiro atoms. The Morgan fingerprint density at radius 1 is 0.963 bits per heavy atom. The number of halogens is 1. The van der Waals surface area contributed by atoms with E-state index in [1.807, 2.05) is 48.5 Å². The normalized spacial score (nSPS) is 10.5. The van der Waals surface area contributed by atoms with Crippen molar-refractivity contribution in [3.8, 4) is 10.4 Å². The summed E-state index contributed by atoms with van der Waals surface area (Å²) in [6.07, 6.45) is 0. The summed E-state index contributed by atoms with van der Waals surface area (Å²) >= 11 is 4.89. The third-order valence-corrected chi connectivity index (χ3v) is 5.68. The van der Waals surface area contributed by atoms with E-state index in [1.165, 1.54) is 16.2 Å². The van der Waals surface area contributed by atoms with Crippen LogP contribution in [-0.2, 0) is 6.54 Å². The van der Waals surface area contributed by atoms with Crippen LogP contribution in [0, 0.1) is 0 Å². The molecular weight excluding hydrogens is 424 g/mol. The first kappa shape index (κ1) is 19.3. The van der Waals surface area contributed by atoms with E-state index < -0.39 is 0 Å². The summed E-state index contributed by atoms with van der Waals surface area (Å²) in [5.74, 6) is -0.138. The summed E-state index contributed by atoms with van der Waals surface area (Å²) in [5, 5.41) is 2.93. The van der Waals surface area contributed by atoms with Crippen LogP contribution in [0.15, 0.2) is 65.1 Å². The van der Waals surface area contributed by atoms with Crippen molar-refractivity contribution >= 4 is 39.1 Å². The van der Waals surface area contributed by atoms with E-state index in [1.54, 1.807) is 26.2 Å². The average Bonchev–Trinajstić information content (AvgIpc) is 3.16. The van der Waals surface area contributed by atoms with E-state index in [4.69, 9.17) is 0 Å². The fourth-order valence-corrected chi connectivity index (χ4v) is 3.71. The van der Waals surface area contributed by atoms with Crippen LogP contribution in [0.5, 0.6) is 0 Å². The summed E-state index contributed by atoms with van der Waals surface area (Å²) in [5.41, 5.74) is 2.67. The van der Waals surface area contributed by atoms with Crippen molar-refractivity contribution in [3.05, 3.63) is 81.1 Å². The van der Waals surface area contributed by atoms with Gasteiger partial charge in [-0.05, 0) is 47.5 Å². The number of nitrogens with one attached hydrogen (secondary N) is 1. The highest BCUT2D eigenvalue weighted by atomic mass is 79.9. The first-order valence-corrected chi connectivity index (χ1v) is 9.99. The Labute approximate surface area is 171 Å². The van der Waals surface area contributed by atoms with Crippen LogP contribution in [0.3, 0.4) is 0 Å². The second-order valence-electron chi connectivity index (χ2n) is 6.25.